The predicted octanol–water partition coefficient (Wildman–Crippen LogP) is 0.527. The van der Waals surface area contributed by atoms with Crippen molar-refractivity contribution in [1.29, 1.82) is 0 Å². The van der Waals surface area contributed by atoms with Gasteiger partial charge < -0.3 is 10.4 Å². The predicted molar refractivity (Wildman–Crippen MR) is 56.7 cm³/mol. The summed E-state index contributed by atoms with van der Waals surface area (Å²) in [7, 11) is 0. The minimum atomic E-state index is -0.189. The number of aromatic nitrogens is 2. The van der Waals surface area contributed by atoms with Gasteiger partial charge in [-0.05, 0) is 20.3 Å². The molecule has 0 saturated carbocycles. The standard InChI is InChI=1S/C10H17N3O2/c1-4-8(5-14)11-10(15)9-6(2)12-13-7(9)3/h8,14H,4-5H2,1-3H3,(H,11,15)(H,12,13). The Hall–Kier alpha value is -1.36. The maximum absolute atomic E-state index is 11.8. The van der Waals surface area contributed by atoms with Crippen LogP contribution >= 0.6 is 0 Å². The van der Waals surface area contributed by atoms with E-state index in [9.17, 15) is 4.79 Å². The van der Waals surface area contributed by atoms with E-state index < -0.39 is 0 Å². The number of nitrogens with zero attached hydrogens (tertiary/aromatic N) is 1. The Morgan fingerprint density at radius 3 is 2.67 bits per heavy atom. The van der Waals surface area contributed by atoms with E-state index in [-0.39, 0.29) is 18.6 Å². The number of amides is 1. The van der Waals surface area contributed by atoms with Gasteiger partial charge in [0.2, 0.25) is 0 Å². The maximum Gasteiger partial charge on any atom is 0.255 e. The highest BCUT2D eigenvalue weighted by Gasteiger charge is 2.17. The molecule has 1 unspecified atom stereocenters. The van der Waals surface area contributed by atoms with Crippen LogP contribution in [0.4, 0.5) is 0 Å². The van der Waals surface area contributed by atoms with Gasteiger partial charge in [-0.3, -0.25) is 9.89 Å². The Morgan fingerprint density at radius 2 is 2.27 bits per heavy atom. The van der Waals surface area contributed by atoms with Crippen molar-refractivity contribution < 1.29 is 9.90 Å². The van der Waals surface area contributed by atoms with Gasteiger partial charge in [-0.25, -0.2) is 0 Å². The van der Waals surface area contributed by atoms with Crippen LogP contribution in [-0.2, 0) is 0 Å². The Kier molecular flexibility index (Phi) is 3.85. The zero-order valence-electron chi connectivity index (χ0n) is 9.29. The SMILES string of the molecule is CCC(CO)NC(=O)c1c(C)n[nH]c1C. The summed E-state index contributed by atoms with van der Waals surface area (Å²) in [6.07, 6.45) is 0.707. The van der Waals surface area contributed by atoms with Crippen LogP contribution in [0.1, 0.15) is 35.1 Å². The molecule has 0 bridgehead atoms. The molecule has 0 saturated heterocycles. The van der Waals surface area contributed by atoms with E-state index >= 15 is 0 Å². The molecule has 3 N–H and O–H groups in total. The average Bonchev–Trinajstić information content (AvgIpc) is 2.55. The Labute approximate surface area is 88.9 Å². The topological polar surface area (TPSA) is 78.0 Å². The molecule has 0 aromatic carbocycles. The Balaban J connectivity index is 2.77. The number of hydrogen-bond donors (Lipinski definition) is 3. The molecule has 0 aliphatic carbocycles. The molecule has 1 amide bonds. The van der Waals surface area contributed by atoms with Crippen molar-refractivity contribution >= 4 is 5.91 Å². The number of nitrogens with one attached hydrogen (secondary N) is 2. The van der Waals surface area contributed by atoms with E-state index in [1.165, 1.54) is 0 Å². The molecule has 0 spiro atoms. The maximum atomic E-state index is 11.8. The van der Waals surface area contributed by atoms with Crippen LogP contribution in [0.15, 0.2) is 0 Å². The lowest BCUT2D eigenvalue weighted by molar-refractivity contribution is 0.0914. The molecular weight excluding hydrogens is 194 g/mol. The third-order valence-electron chi connectivity index (χ3n) is 2.40. The first-order valence-corrected chi connectivity index (χ1v) is 5.03. The highest BCUT2D eigenvalue weighted by molar-refractivity contribution is 5.96. The molecule has 84 valence electrons. The molecule has 0 fully saturated rings. The molecule has 5 nitrogen and oxygen atoms in total. The molecule has 1 heterocycles. The number of rotatable bonds is 4. The molecule has 1 rings (SSSR count). The summed E-state index contributed by atoms with van der Waals surface area (Å²) in [5.74, 6) is -0.181. The van der Waals surface area contributed by atoms with Gasteiger partial charge in [-0.2, -0.15) is 5.10 Å². The van der Waals surface area contributed by atoms with Gasteiger partial charge in [-0.15, -0.1) is 0 Å². The second-order valence-corrected chi connectivity index (χ2v) is 3.57. The number of carbonyl (C=O) groups is 1. The van der Waals surface area contributed by atoms with Crippen molar-refractivity contribution in [3.05, 3.63) is 17.0 Å². The number of aliphatic hydroxyl groups is 1. The largest absolute Gasteiger partial charge is 0.394 e. The molecule has 0 aliphatic heterocycles. The lowest BCUT2D eigenvalue weighted by Crippen LogP contribution is -2.37. The van der Waals surface area contributed by atoms with Gasteiger partial charge in [-0.1, -0.05) is 6.92 Å². The Bertz CT molecular complexity index is 323. The number of aliphatic hydroxyl groups excluding tert-OH is 1. The van der Waals surface area contributed by atoms with Crippen LogP contribution in [0, 0.1) is 13.8 Å². The first-order chi connectivity index (χ1) is 7.10. The molecule has 1 aromatic heterocycles. The lowest BCUT2D eigenvalue weighted by atomic mass is 10.1. The molecule has 1 aromatic rings. The minimum Gasteiger partial charge on any atom is -0.394 e. The van der Waals surface area contributed by atoms with Crippen LogP contribution in [0.25, 0.3) is 0 Å². The van der Waals surface area contributed by atoms with E-state index in [1.54, 1.807) is 13.8 Å². The Morgan fingerprint density at radius 1 is 1.60 bits per heavy atom. The summed E-state index contributed by atoms with van der Waals surface area (Å²) in [5.41, 5.74) is 2.00. The summed E-state index contributed by atoms with van der Waals surface area (Å²) in [5, 5.41) is 18.4. The lowest BCUT2D eigenvalue weighted by Gasteiger charge is -2.13. The van der Waals surface area contributed by atoms with Gasteiger partial charge in [0.15, 0.2) is 0 Å². The number of aromatic amines is 1. The number of H-pyrrole nitrogens is 1. The third kappa shape index (κ3) is 2.56. The molecular formula is C10H17N3O2. The van der Waals surface area contributed by atoms with Crippen molar-refractivity contribution in [2.24, 2.45) is 0 Å². The number of carbonyl (C=O) groups excluding carboxylic acids is 1. The fraction of sp³-hybridized carbons (Fsp3) is 0.600. The van der Waals surface area contributed by atoms with Gasteiger partial charge in [0.25, 0.3) is 5.91 Å². The van der Waals surface area contributed by atoms with Crippen molar-refractivity contribution in [3.63, 3.8) is 0 Å². The summed E-state index contributed by atoms with van der Waals surface area (Å²) in [6, 6.07) is -0.189. The molecule has 15 heavy (non-hydrogen) atoms. The highest BCUT2D eigenvalue weighted by Crippen LogP contribution is 2.09. The van der Waals surface area contributed by atoms with E-state index in [4.69, 9.17) is 5.11 Å². The van der Waals surface area contributed by atoms with Crippen LogP contribution < -0.4 is 5.32 Å². The summed E-state index contributed by atoms with van der Waals surface area (Å²) in [6.45, 7) is 5.45. The summed E-state index contributed by atoms with van der Waals surface area (Å²) >= 11 is 0. The van der Waals surface area contributed by atoms with Crippen molar-refractivity contribution in [1.82, 2.24) is 15.5 Å². The smallest absolute Gasteiger partial charge is 0.255 e. The fourth-order valence-electron chi connectivity index (χ4n) is 1.42. The quantitative estimate of drug-likeness (QED) is 0.679. The van der Waals surface area contributed by atoms with Crippen LogP contribution in [-0.4, -0.2) is 33.9 Å². The van der Waals surface area contributed by atoms with E-state index in [0.29, 0.717) is 17.7 Å². The monoisotopic (exact) mass is 211 g/mol. The fourth-order valence-corrected chi connectivity index (χ4v) is 1.42. The van der Waals surface area contributed by atoms with E-state index in [0.717, 1.165) is 5.69 Å². The normalized spacial score (nSPS) is 12.5. The summed E-state index contributed by atoms with van der Waals surface area (Å²) < 4.78 is 0. The van der Waals surface area contributed by atoms with Crippen LogP contribution in [0.5, 0.6) is 0 Å². The van der Waals surface area contributed by atoms with Crippen LogP contribution in [0.3, 0.4) is 0 Å². The molecule has 0 radical (unpaired) electrons. The zero-order valence-corrected chi connectivity index (χ0v) is 9.29. The van der Waals surface area contributed by atoms with Gasteiger partial charge in [0.05, 0.1) is 23.9 Å². The second kappa shape index (κ2) is 4.93. The van der Waals surface area contributed by atoms with Gasteiger partial charge in [0.1, 0.15) is 0 Å². The van der Waals surface area contributed by atoms with Crippen molar-refractivity contribution in [2.75, 3.05) is 6.61 Å². The number of hydrogen-bond acceptors (Lipinski definition) is 3. The van der Waals surface area contributed by atoms with Gasteiger partial charge >= 0.3 is 0 Å². The molecule has 1 atom stereocenters. The van der Waals surface area contributed by atoms with Crippen molar-refractivity contribution in [3.8, 4) is 0 Å². The second-order valence-electron chi connectivity index (χ2n) is 3.57. The minimum absolute atomic E-state index is 0.0435. The average molecular weight is 211 g/mol. The summed E-state index contributed by atoms with van der Waals surface area (Å²) in [4.78, 5) is 11.8. The van der Waals surface area contributed by atoms with E-state index in [1.807, 2.05) is 6.92 Å². The first kappa shape index (κ1) is 11.7. The van der Waals surface area contributed by atoms with Crippen molar-refractivity contribution in [2.45, 2.75) is 33.2 Å². The van der Waals surface area contributed by atoms with Gasteiger partial charge in [0, 0.05) is 5.69 Å². The highest BCUT2D eigenvalue weighted by atomic mass is 16.3. The first-order valence-electron chi connectivity index (χ1n) is 5.03. The van der Waals surface area contributed by atoms with Crippen LogP contribution in [0.2, 0.25) is 0 Å². The molecule has 5 heteroatoms. The number of aryl methyl sites for hydroxylation is 2. The third-order valence-corrected chi connectivity index (χ3v) is 2.40. The zero-order chi connectivity index (χ0) is 11.4. The van der Waals surface area contributed by atoms with E-state index in [2.05, 4.69) is 15.5 Å². The molecule has 0 aliphatic rings.